The van der Waals surface area contributed by atoms with Crippen LogP contribution in [0.5, 0.6) is 0 Å². The highest BCUT2D eigenvalue weighted by atomic mass is 28.3. The van der Waals surface area contributed by atoms with Crippen LogP contribution in [0.25, 0.3) is 11.0 Å². The van der Waals surface area contributed by atoms with Crippen LogP contribution >= 0.6 is 0 Å². The van der Waals surface area contributed by atoms with Crippen molar-refractivity contribution in [1.29, 1.82) is 0 Å². The van der Waals surface area contributed by atoms with Crippen LogP contribution in [0.3, 0.4) is 0 Å². The molecule has 0 spiro atoms. The summed E-state index contributed by atoms with van der Waals surface area (Å²) in [4.78, 5) is 18.6. The van der Waals surface area contributed by atoms with E-state index in [-0.39, 0.29) is 12.5 Å². The summed E-state index contributed by atoms with van der Waals surface area (Å²) < 4.78 is 13.9. The van der Waals surface area contributed by atoms with E-state index in [0.717, 1.165) is 49.0 Å². The predicted octanol–water partition coefficient (Wildman–Crippen LogP) is 4.54. The Morgan fingerprint density at radius 1 is 1.19 bits per heavy atom. The van der Waals surface area contributed by atoms with E-state index in [0.29, 0.717) is 42.1 Å². The van der Waals surface area contributed by atoms with Gasteiger partial charge in [0.15, 0.2) is 0 Å². The number of rotatable bonds is 7. The Hall–Kier alpha value is -1.90. The highest BCUT2D eigenvalue weighted by molar-refractivity contribution is 6.54. The third kappa shape index (κ3) is 4.87. The summed E-state index contributed by atoms with van der Waals surface area (Å²) in [7, 11) is -0.757. The van der Waals surface area contributed by atoms with Crippen LogP contribution in [-0.2, 0) is 14.0 Å². The van der Waals surface area contributed by atoms with Gasteiger partial charge >= 0.3 is 0 Å². The largest absolute Gasteiger partial charge is 0.416 e. The smallest absolute Gasteiger partial charge is 0.253 e. The number of amides is 1. The number of ether oxygens (including phenoxy) is 1. The molecule has 2 aliphatic rings. The first-order chi connectivity index (χ1) is 15.3. The van der Waals surface area contributed by atoms with Crippen molar-refractivity contribution in [3.63, 3.8) is 0 Å². The van der Waals surface area contributed by atoms with E-state index < -0.39 is 9.04 Å². The summed E-state index contributed by atoms with van der Waals surface area (Å²) >= 11 is 0. The molecule has 1 aliphatic carbocycles. The van der Waals surface area contributed by atoms with Crippen molar-refractivity contribution < 1.29 is 14.0 Å². The van der Waals surface area contributed by atoms with E-state index >= 15 is 0 Å². The van der Waals surface area contributed by atoms with Crippen LogP contribution in [0, 0.1) is 5.92 Å². The molecule has 8 heteroatoms. The van der Waals surface area contributed by atoms with E-state index in [1.165, 1.54) is 0 Å². The highest BCUT2D eigenvalue weighted by Crippen LogP contribution is 2.37. The lowest BCUT2D eigenvalue weighted by atomic mass is 9.86. The van der Waals surface area contributed by atoms with Crippen LogP contribution in [0.1, 0.15) is 59.4 Å². The van der Waals surface area contributed by atoms with E-state index in [2.05, 4.69) is 43.3 Å². The topological polar surface area (TPSA) is 82.6 Å². The molecule has 0 atom stereocenters. The second-order valence-electron chi connectivity index (χ2n) is 9.81. The van der Waals surface area contributed by atoms with Gasteiger partial charge in [-0.05, 0) is 60.9 Å². The summed E-state index contributed by atoms with van der Waals surface area (Å²) in [6.07, 6.45) is 4.52. The second-order valence-corrected chi connectivity index (χ2v) is 13.2. The van der Waals surface area contributed by atoms with Gasteiger partial charge in [0.05, 0.1) is 17.6 Å². The number of hydrogen-bond acceptors (Lipinski definition) is 5. The molecule has 2 N–H and O–H groups in total. The number of carbonyl (C=O) groups is 1. The summed E-state index contributed by atoms with van der Waals surface area (Å²) in [6, 6.07) is 6.41. The lowest BCUT2D eigenvalue weighted by Gasteiger charge is -2.32. The van der Waals surface area contributed by atoms with Gasteiger partial charge in [-0.2, -0.15) is 0 Å². The number of imidazole rings is 1. The van der Waals surface area contributed by atoms with Crippen LogP contribution in [0.15, 0.2) is 18.2 Å². The van der Waals surface area contributed by atoms with Gasteiger partial charge < -0.3 is 24.4 Å². The lowest BCUT2D eigenvalue weighted by Crippen LogP contribution is -2.41. The van der Waals surface area contributed by atoms with Crippen molar-refractivity contribution in [2.75, 3.05) is 37.0 Å². The molecule has 4 rings (SSSR count). The number of benzene rings is 1. The molecule has 1 radical (unpaired) electrons. The zero-order valence-corrected chi connectivity index (χ0v) is 20.8. The van der Waals surface area contributed by atoms with Gasteiger partial charge in [-0.3, -0.25) is 4.79 Å². The van der Waals surface area contributed by atoms with Crippen molar-refractivity contribution in [3.05, 3.63) is 18.2 Å². The molecule has 2 aromatic rings. The zero-order chi connectivity index (χ0) is 22.8. The number of fused-ring (bicyclic) bond motifs is 1. The van der Waals surface area contributed by atoms with Gasteiger partial charge in [-0.1, -0.05) is 27.7 Å². The number of hydrogen-bond donors (Lipinski definition) is 1. The number of nitrogen functional groups attached to an aromatic ring is 1. The molecule has 2 heterocycles. The van der Waals surface area contributed by atoms with Gasteiger partial charge in [0.1, 0.15) is 6.61 Å². The van der Waals surface area contributed by atoms with Crippen molar-refractivity contribution in [2.45, 2.75) is 70.5 Å². The first-order valence-electron chi connectivity index (χ1n) is 12.0. The molecule has 0 bridgehead atoms. The minimum absolute atomic E-state index is 0.0111. The number of nitrogens with two attached hydrogens (primary N) is 1. The normalized spacial score (nSPS) is 22.6. The Kier molecular flexibility index (Phi) is 7.22. The molecule has 32 heavy (non-hydrogen) atoms. The Morgan fingerprint density at radius 3 is 2.56 bits per heavy atom. The molecule has 2 fully saturated rings. The first-order valence-corrected chi connectivity index (χ1v) is 13.6. The van der Waals surface area contributed by atoms with Gasteiger partial charge in [0.2, 0.25) is 15.0 Å². The fourth-order valence-corrected chi connectivity index (χ4v) is 7.66. The Bertz CT molecular complexity index is 929. The van der Waals surface area contributed by atoms with Gasteiger partial charge in [0.25, 0.3) is 5.91 Å². The molecule has 0 unspecified atom stereocenters. The lowest BCUT2D eigenvalue weighted by molar-refractivity contribution is -0.125. The van der Waals surface area contributed by atoms with Crippen molar-refractivity contribution in [2.24, 2.45) is 5.92 Å². The summed E-state index contributed by atoms with van der Waals surface area (Å²) in [6.45, 7) is 11.3. The molecule has 7 nitrogen and oxygen atoms in total. The average molecular weight is 458 g/mol. The number of nitrogens with zero attached hydrogens (tertiary/aromatic N) is 3. The average Bonchev–Trinajstić information content (AvgIpc) is 3.09. The molecule has 1 saturated carbocycles. The predicted molar refractivity (Wildman–Crippen MR) is 130 cm³/mol. The molecule has 1 aliphatic heterocycles. The SMILES string of the molecule is CC(C)[Si](OCC1CCC(n2c(N)nc3cc(N4CCOCC4=O)ccc32)CC1)C(C)C. The highest BCUT2D eigenvalue weighted by Gasteiger charge is 2.28. The van der Waals surface area contributed by atoms with Gasteiger partial charge in [0, 0.05) is 24.9 Å². The quantitative estimate of drug-likeness (QED) is 0.617. The third-order valence-corrected chi connectivity index (χ3v) is 9.58. The Morgan fingerprint density at radius 2 is 1.91 bits per heavy atom. The minimum atomic E-state index is -0.757. The number of morpholine rings is 1. The monoisotopic (exact) mass is 457 g/mol. The van der Waals surface area contributed by atoms with E-state index in [4.69, 9.17) is 14.9 Å². The Balaban J connectivity index is 1.42. The minimum Gasteiger partial charge on any atom is -0.416 e. The maximum atomic E-state index is 12.2. The Labute approximate surface area is 193 Å². The molecule has 1 aromatic heterocycles. The van der Waals surface area contributed by atoms with Crippen molar-refractivity contribution in [1.82, 2.24) is 9.55 Å². The second kappa shape index (κ2) is 9.93. The molecule has 175 valence electrons. The molecule has 1 saturated heterocycles. The number of aromatic nitrogens is 2. The van der Waals surface area contributed by atoms with Gasteiger partial charge in [-0.15, -0.1) is 0 Å². The maximum Gasteiger partial charge on any atom is 0.253 e. The summed E-state index contributed by atoms with van der Waals surface area (Å²) in [5.74, 6) is 1.19. The number of carbonyl (C=O) groups excluding carboxylic acids is 1. The van der Waals surface area contributed by atoms with Crippen LogP contribution in [0.2, 0.25) is 11.1 Å². The summed E-state index contributed by atoms with van der Waals surface area (Å²) in [5, 5.41) is 0. The van der Waals surface area contributed by atoms with E-state index in [9.17, 15) is 4.79 Å². The first kappa shape index (κ1) is 23.3. The molecular formula is C24H37N4O3Si. The maximum absolute atomic E-state index is 12.2. The van der Waals surface area contributed by atoms with Crippen molar-refractivity contribution in [3.8, 4) is 0 Å². The summed E-state index contributed by atoms with van der Waals surface area (Å²) in [5.41, 5.74) is 10.4. The van der Waals surface area contributed by atoms with Gasteiger partial charge in [-0.25, -0.2) is 4.98 Å². The fraction of sp³-hybridized carbons (Fsp3) is 0.667. The standard InChI is InChI=1S/C24H37N4O3Si/c1-16(2)32(17(3)4)31-14-18-5-7-19(8-6-18)28-22-10-9-20(13-21(22)26-24(28)25)27-11-12-30-15-23(27)29/h9-10,13,16-19H,5-8,11-12,14-15H2,1-4H3,(H2,25,26). The van der Waals surface area contributed by atoms with E-state index in [1.807, 2.05) is 12.1 Å². The van der Waals surface area contributed by atoms with Crippen molar-refractivity contribution >= 4 is 37.6 Å². The fourth-order valence-electron chi connectivity index (χ4n) is 5.23. The van der Waals surface area contributed by atoms with E-state index in [1.54, 1.807) is 4.90 Å². The molecular weight excluding hydrogens is 420 g/mol. The van der Waals surface area contributed by atoms with Crippen LogP contribution in [-0.4, -0.2) is 50.9 Å². The molecule has 1 aromatic carbocycles. The number of anilines is 2. The third-order valence-electron chi connectivity index (χ3n) is 6.80. The molecule has 1 amide bonds. The van der Waals surface area contributed by atoms with Crippen LogP contribution < -0.4 is 10.6 Å². The zero-order valence-electron chi connectivity index (χ0n) is 19.8. The van der Waals surface area contributed by atoms with Crippen LogP contribution in [0.4, 0.5) is 11.6 Å².